The Bertz CT molecular complexity index is 2100. The van der Waals surface area contributed by atoms with Crippen molar-refractivity contribution in [2.75, 3.05) is 5.32 Å². The van der Waals surface area contributed by atoms with Crippen molar-refractivity contribution in [3.63, 3.8) is 0 Å². The molecule has 0 amide bonds. The third-order valence-electron chi connectivity index (χ3n) is 8.77. The van der Waals surface area contributed by atoms with E-state index in [9.17, 15) is 0 Å². The summed E-state index contributed by atoms with van der Waals surface area (Å²) in [5.74, 6) is 0. The summed E-state index contributed by atoms with van der Waals surface area (Å²) in [5.41, 5.74) is 13.6. The van der Waals surface area contributed by atoms with Crippen molar-refractivity contribution in [1.82, 2.24) is 4.57 Å². The molecule has 1 heterocycles. The molecule has 1 aromatic heterocycles. The standard InChI is InChI=1S/C39H30N2/c1-39(2)33-21-8-6-18-32(33)37-34(39)22-12-23-35(37)40-27-14-10-13-26(25-27)29-19-11-20-31-30-17-7-9-24-36(30)41(38(29)31)28-15-4-3-5-16-28/h3-25,40H,1-2H3. The van der Waals surface area contributed by atoms with Gasteiger partial charge < -0.3 is 9.88 Å². The molecule has 0 saturated carbocycles. The molecular weight excluding hydrogens is 496 g/mol. The lowest BCUT2D eigenvalue weighted by Crippen LogP contribution is -2.14. The maximum atomic E-state index is 3.81. The number of fused-ring (bicyclic) bond motifs is 6. The van der Waals surface area contributed by atoms with Crippen LogP contribution in [0.4, 0.5) is 11.4 Å². The van der Waals surface area contributed by atoms with Gasteiger partial charge in [0, 0.05) is 44.4 Å². The van der Waals surface area contributed by atoms with Crippen LogP contribution in [0.15, 0.2) is 140 Å². The number of nitrogens with one attached hydrogen (secondary N) is 1. The molecule has 0 bridgehead atoms. The van der Waals surface area contributed by atoms with Crippen LogP contribution < -0.4 is 5.32 Å². The van der Waals surface area contributed by atoms with Gasteiger partial charge in [0.05, 0.1) is 11.0 Å². The Morgan fingerprint density at radius 1 is 0.561 bits per heavy atom. The zero-order valence-electron chi connectivity index (χ0n) is 23.2. The smallest absolute Gasteiger partial charge is 0.0619 e. The fourth-order valence-corrected chi connectivity index (χ4v) is 6.88. The molecule has 41 heavy (non-hydrogen) atoms. The summed E-state index contributed by atoms with van der Waals surface area (Å²) in [6.07, 6.45) is 0. The minimum absolute atomic E-state index is 0.0219. The zero-order chi connectivity index (χ0) is 27.6. The summed E-state index contributed by atoms with van der Waals surface area (Å²) < 4.78 is 2.41. The van der Waals surface area contributed by atoms with Crippen LogP contribution in [0.3, 0.4) is 0 Å². The maximum absolute atomic E-state index is 3.81. The van der Waals surface area contributed by atoms with E-state index in [1.54, 1.807) is 0 Å². The molecule has 0 saturated heterocycles. The molecule has 2 nitrogen and oxygen atoms in total. The van der Waals surface area contributed by atoms with Gasteiger partial charge in [0.1, 0.15) is 0 Å². The van der Waals surface area contributed by atoms with Gasteiger partial charge in [0.25, 0.3) is 0 Å². The number of hydrogen-bond acceptors (Lipinski definition) is 1. The third-order valence-corrected chi connectivity index (χ3v) is 8.77. The molecule has 0 aliphatic heterocycles. The molecule has 6 aromatic carbocycles. The van der Waals surface area contributed by atoms with Crippen LogP contribution in [-0.2, 0) is 5.41 Å². The van der Waals surface area contributed by atoms with Crippen molar-refractivity contribution in [2.45, 2.75) is 19.3 Å². The Hall–Kier alpha value is -5.08. The molecule has 7 aromatic rings. The second-order valence-electron chi connectivity index (χ2n) is 11.5. The first-order chi connectivity index (χ1) is 20.1. The van der Waals surface area contributed by atoms with Gasteiger partial charge in [0.2, 0.25) is 0 Å². The molecule has 0 fully saturated rings. The van der Waals surface area contributed by atoms with Crippen LogP contribution in [0, 0.1) is 0 Å². The second-order valence-corrected chi connectivity index (χ2v) is 11.5. The predicted octanol–water partition coefficient (Wildman–Crippen LogP) is 10.5. The summed E-state index contributed by atoms with van der Waals surface area (Å²) >= 11 is 0. The molecule has 2 heteroatoms. The maximum Gasteiger partial charge on any atom is 0.0619 e. The van der Waals surface area contributed by atoms with E-state index in [1.807, 2.05) is 0 Å². The van der Waals surface area contributed by atoms with Crippen LogP contribution in [0.25, 0.3) is 49.7 Å². The number of hydrogen-bond donors (Lipinski definition) is 1. The molecule has 8 rings (SSSR count). The number of nitrogens with zero attached hydrogens (tertiary/aromatic N) is 1. The highest BCUT2D eigenvalue weighted by molar-refractivity contribution is 6.13. The van der Waals surface area contributed by atoms with E-state index < -0.39 is 0 Å². The number of rotatable bonds is 4. The van der Waals surface area contributed by atoms with Gasteiger partial charge in [-0.15, -0.1) is 0 Å². The van der Waals surface area contributed by atoms with E-state index in [-0.39, 0.29) is 5.41 Å². The first-order valence-corrected chi connectivity index (χ1v) is 14.3. The van der Waals surface area contributed by atoms with Crippen LogP contribution in [0.1, 0.15) is 25.0 Å². The van der Waals surface area contributed by atoms with Crippen molar-refractivity contribution in [3.05, 3.63) is 151 Å². The van der Waals surface area contributed by atoms with E-state index in [1.165, 1.54) is 60.9 Å². The lowest BCUT2D eigenvalue weighted by atomic mass is 9.82. The van der Waals surface area contributed by atoms with E-state index in [0.717, 1.165) is 11.4 Å². The highest BCUT2D eigenvalue weighted by atomic mass is 15.0. The summed E-state index contributed by atoms with van der Waals surface area (Å²) in [4.78, 5) is 0. The molecule has 0 spiro atoms. The lowest BCUT2D eigenvalue weighted by molar-refractivity contribution is 0.660. The van der Waals surface area contributed by atoms with Gasteiger partial charge in [-0.25, -0.2) is 0 Å². The van der Waals surface area contributed by atoms with Gasteiger partial charge in [-0.3, -0.25) is 0 Å². The number of aromatic nitrogens is 1. The Morgan fingerprint density at radius 2 is 1.24 bits per heavy atom. The summed E-state index contributed by atoms with van der Waals surface area (Å²) in [7, 11) is 0. The molecular formula is C39H30N2. The quantitative estimate of drug-likeness (QED) is 0.241. The number of anilines is 2. The van der Waals surface area contributed by atoms with E-state index >= 15 is 0 Å². The molecule has 0 atom stereocenters. The monoisotopic (exact) mass is 526 g/mol. The zero-order valence-corrected chi connectivity index (χ0v) is 23.2. The van der Waals surface area contributed by atoms with Crippen LogP contribution in [0.2, 0.25) is 0 Å². The third kappa shape index (κ3) is 3.57. The van der Waals surface area contributed by atoms with Crippen LogP contribution in [0.5, 0.6) is 0 Å². The first kappa shape index (κ1) is 23.8. The average molecular weight is 527 g/mol. The van der Waals surface area contributed by atoms with E-state index in [2.05, 4.69) is 163 Å². The molecule has 1 aliphatic carbocycles. The molecule has 1 N–H and O–H groups in total. The van der Waals surface area contributed by atoms with Crippen LogP contribution in [-0.4, -0.2) is 4.57 Å². The Labute approximate surface area is 240 Å². The van der Waals surface area contributed by atoms with Crippen molar-refractivity contribution >= 4 is 33.2 Å². The number of para-hydroxylation sites is 3. The minimum Gasteiger partial charge on any atom is -0.355 e. The SMILES string of the molecule is CC1(C)c2ccccc2-c2c(Nc3cccc(-c4cccc5c6ccccc6n(-c6ccccc6)c45)c3)cccc21. The Morgan fingerprint density at radius 3 is 2.15 bits per heavy atom. The van der Waals surface area contributed by atoms with E-state index in [4.69, 9.17) is 0 Å². The van der Waals surface area contributed by atoms with Gasteiger partial charge in [-0.05, 0) is 58.7 Å². The summed E-state index contributed by atoms with van der Waals surface area (Å²) in [6, 6.07) is 50.4. The Balaban J connectivity index is 1.29. The molecule has 0 radical (unpaired) electrons. The largest absolute Gasteiger partial charge is 0.355 e. The number of benzene rings is 6. The summed E-state index contributed by atoms with van der Waals surface area (Å²) in [5, 5.41) is 6.34. The van der Waals surface area contributed by atoms with Crippen molar-refractivity contribution in [1.29, 1.82) is 0 Å². The van der Waals surface area contributed by atoms with Gasteiger partial charge in [-0.1, -0.05) is 117 Å². The lowest BCUT2D eigenvalue weighted by Gasteiger charge is -2.21. The van der Waals surface area contributed by atoms with Crippen LogP contribution >= 0.6 is 0 Å². The van der Waals surface area contributed by atoms with Gasteiger partial charge in [-0.2, -0.15) is 0 Å². The highest BCUT2D eigenvalue weighted by Crippen LogP contribution is 2.51. The van der Waals surface area contributed by atoms with Crippen molar-refractivity contribution < 1.29 is 0 Å². The normalized spacial score (nSPS) is 13.3. The topological polar surface area (TPSA) is 17.0 Å². The van der Waals surface area contributed by atoms with E-state index in [0.29, 0.717) is 0 Å². The highest BCUT2D eigenvalue weighted by Gasteiger charge is 2.36. The van der Waals surface area contributed by atoms with Crippen molar-refractivity contribution in [2.24, 2.45) is 0 Å². The average Bonchev–Trinajstić information content (AvgIpc) is 3.48. The first-order valence-electron chi connectivity index (χ1n) is 14.3. The van der Waals surface area contributed by atoms with Crippen molar-refractivity contribution in [3.8, 4) is 27.9 Å². The minimum atomic E-state index is -0.0219. The summed E-state index contributed by atoms with van der Waals surface area (Å²) in [6.45, 7) is 4.66. The van der Waals surface area contributed by atoms with Gasteiger partial charge >= 0.3 is 0 Å². The van der Waals surface area contributed by atoms with Gasteiger partial charge in [0.15, 0.2) is 0 Å². The predicted molar refractivity (Wildman–Crippen MR) is 174 cm³/mol. The second kappa shape index (κ2) is 8.97. The fourth-order valence-electron chi connectivity index (χ4n) is 6.88. The molecule has 1 aliphatic rings. The molecule has 0 unspecified atom stereocenters. The fraction of sp³-hybridized carbons (Fsp3) is 0.0769. The molecule has 196 valence electrons. The Kier molecular flexibility index (Phi) is 5.20.